The number of ether oxygens (including phenoxy) is 2. The summed E-state index contributed by atoms with van der Waals surface area (Å²) in [6, 6.07) is 7.87. The predicted molar refractivity (Wildman–Crippen MR) is 65.2 cm³/mol. The predicted octanol–water partition coefficient (Wildman–Crippen LogP) is 4.99. The molecule has 8 heteroatoms. The molecule has 2 aromatic rings. The minimum absolute atomic E-state index is 0.0388. The highest BCUT2D eigenvalue weighted by molar-refractivity contribution is 5.71. The van der Waals surface area contributed by atoms with Crippen LogP contribution in [0.25, 0.3) is 11.1 Å². The molecule has 0 fully saturated rings. The summed E-state index contributed by atoms with van der Waals surface area (Å²) in [5.74, 6) is -2.36. The van der Waals surface area contributed by atoms with Crippen LogP contribution >= 0.6 is 0 Å². The summed E-state index contributed by atoms with van der Waals surface area (Å²) in [6.45, 7) is -3.27. The van der Waals surface area contributed by atoms with E-state index in [2.05, 4.69) is 9.47 Å². The molecule has 0 saturated carbocycles. The third kappa shape index (κ3) is 4.06. The molecule has 22 heavy (non-hydrogen) atoms. The van der Waals surface area contributed by atoms with Gasteiger partial charge >= 0.3 is 13.0 Å². The Kier molecular flexibility index (Phi) is 4.48. The Morgan fingerprint density at radius 2 is 1.64 bits per heavy atom. The maximum absolute atomic E-state index is 13.6. The van der Waals surface area contributed by atoms with Crippen LogP contribution in [-0.4, -0.2) is 13.0 Å². The molecule has 0 bridgehead atoms. The van der Waals surface area contributed by atoms with E-state index in [4.69, 9.17) is 0 Å². The summed E-state index contributed by atoms with van der Waals surface area (Å²) in [6.07, 6.45) is -4.90. The van der Waals surface area contributed by atoms with Crippen molar-refractivity contribution in [2.45, 2.75) is 13.0 Å². The SMILES string of the molecule is Fc1cccc(-c2cccc(OC(F)(F)F)c2)c1OC(F)F. The highest BCUT2D eigenvalue weighted by Crippen LogP contribution is 2.35. The number of benzene rings is 2. The van der Waals surface area contributed by atoms with Gasteiger partial charge in [0.05, 0.1) is 0 Å². The first kappa shape index (κ1) is 16.0. The topological polar surface area (TPSA) is 18.5 Å². The van der Waals surface area contributed by atoms with E-state index in [9.17, 15) is 26.3 Å². The summed E-state index contributed by atoms with van der Waals surface area (Å²) in [4.78, 5) is 0. The van der Waals surface area contributed by atoms with Gasteiger partial charge in [0.2, 0.25) is 0 Å². The van der Waals surface area contributed by atoms with Gasteiger partial charge in [-0.05, 0) is 23.8 Å². The molecule has 2 aromatic carbocycles. The van der Waals surface area contributed by atoms with E-state index in [0.717, 1.165) is 18.2 Å². The van der Waals surface area contributed by atoms with Gasteiger partial charge in [0.25, 0.3) is 0 Å². The zero-order chi connectivity index (χ0) is 16.3. The van der Waals surface area contributed by atoms with Gasteiger partial charge in [0.1, 0.15) is 5.75 Å². The Morgan fingerprint density at radius 3 is 2.27 bits per heavy atom. The standard InChI is InChI=1S/C14H8F6O2/c15-11-6-2-5-10(12(11)21-13(16)17)8-3-1-4-9(7-8)22-14(18,19)20/h1-7,13H. The lowest BCUT2D eigenvalue weighted by atomic mass is 10.0. The second kappa shape index (κ2) is 6.17. The fourth-order valence-corrected chi connectivity index (χ4v) is 1.81. The largest absolute Gasteiger partial charge is 0.573 e. The zero-order valence-electron chi connectivity index (χ0n) is 10.7. The Morgan fingerprint density at radius 1 is 0.955 bits per heavy atom. The van der Waals surface area contributed by atoms with Crippen LogP contribution in [0.3, 0.4) is 0 Å². The number of para-hydroxylation sites is 1. The average Bonchev–Trinajstić information content (AvgIpc) is 2.39. The van der Waals surface area contributed by atoms with Crippen LogP contribution in [0.1, 0.15) is 0 Å². The van der Waals surface area contributed by atoms with Crippen molar-refractivity contribution in [1.82, 2.24) is 0 Å². The molecule has 0 atom stereocenters. The fourth-order valence-electron chi connectivity index (χ4n) is 1.81. The smallest absolute Gasteiger partial charge is 0.431 e. The van der Waals surface area contributed by atoms with E-state index in [-0.39, 0.29) is 11.1 Å². The summed E-state index contributed by atoms with van der Waals surface area (Å²) in [5.41, 5.74) is -0.0789. The summed E-state index contributed by atoms with van der Waals surface area (Å²) < 4.78 is 82.7. The lowest BCUT2D eigenvalue weighted by Crippen LogP contribution is -2.17. The Labute approximate surface area is 120 Å². The van der Waals surface area contributed by atoms with Gasteiger partial charge in [-0.15, -0.1) is 13.2 Å². The lowest BCUT2D eigenvalue weighted by Gasteiger charge is -2.13. The highest BCUT2D eigenvalue weighted by Gasteiger charge is 2.31. The van der Waals surface area contributed by atoms with Gasteiger partial charge < -0.3 is 9.47 Å². The first-order chi connectivity index (χ1) is 10.3. The molecule has 0 aliphatic carbocycles. The monoisotopic (exact) mass is 322 g/mol. The van der Waals surface area contributed by atoms with E-state index < -0.39 is 30.3 Å². The molecular formula is C14H8F6O2. The second-order valence-electron chi connectivity index (χ2n) is 4.07. The van der Waals surface area contributed by atoms with E-state index in [1.807, 2.05) is 0 Å². The molecule has 0 amide bonds. The Bertz CT molecular complexity index is 654. The number of rotatable bonds is 4. The molecule has 0 N–H and O–H groups in total. The van der Waals surface area contributed by atoms with Crippen molar-refractivity contribution in [1.29, 1.82) is 0 Å². The van der Waals surface area contributed by atoms with Crippen molar-refractivity contribution in [3.63, 3.8) is 0 Å². The van der Waals surface area contributed by atoms with E-state index >= 15 is 0 Å². The minimum Gasteiger partial charge on any atom is -0.431 e. The summed E-state index contributed by atoms with van der Waals surface area (Å²) in [7, 11) is 0. The van der Waals surface area contributed by atoms with Gasteiger partial charge in [-0.3, -0.25) is 0 Å². The third-order valence-electron chi connectivity index (χ3n) is 2.55. The first-order valence-electron chi connectivity index (χ1n) is 5.86. The van der Waals surface area contributed by atoms with E-state index in [0.29, 0.717) is 0 Å². The van der Waals surface area contributed by atoms with Crippen molar-refractivity contribution < 1.29 is 35.8 Å². The summed E-state index contributed by atoms with van der Waals surface area (Å²) in [5, 5.41) is 0. The maximum Gasteiger partial charge on any atom is 0.573 e. The fraction of sp³-hybridized carbons (Fsp3) is 0.143. The maximum atomic E-state index is 13.6. The van der Waals surface area contributed by atoms with Crippen molar-refractivity contribution in [3.05, 3.63) is 48.3 Å². The van der Waals surface area contributed by atoms with Gasteiger partial charge in [-0.1, -0.05) is 24.3 Å². The molecule has 0 saturated heterocycles. The molecule has 0 aliphatic heterocycles. The normalized spacial score (nSPS) is 11.6. The van der Waals surface area contributed by atoms with Crippen LogP contribution in [0.5, 0.6) is 11.5 Å². The van der Waals surface area contributed by atoms with Crippen LogP contribution < -0.4 is 9.47 Å². The van der Waals surface area contributed by atoms with Crippen LogP contribution in [-0.2, 0) is 0 Å². The molecule has 0 heterocycles. The quantitative estimate of drug-likeness (QED) is 0.738. The lowest BCUT2D eigenvalue weighted by molar-refractivity contribution is -0.274. The number of alkyl halides is 5. The molecule has 0 unspecified atom stereocenters. The Hall–Kier alpha value is -2.38. The summed E-state index contributed by atoms with van der Waals surface area (Å²) >= 11 is 0. The molecule has 0 aliphatic rings. The molecule has 0 spiro atoms. The molecule has 118 valence electrons. The number of hydrogen-bond acceptors (Lipinski definition) is 2. The zero-order valence-corrected chi connectivity index (χ0v) is 10.7. The van der Waals surface area contributed by atoms with Crippen LogP contribution in [0.2, 0.25) is 0 Å². The highest BCUT2D eigenvalue weighted by atomic mass is 19.4. The molecule has 2 rings (SSSR count). The van der Waals surface area contributed by atoms with Crippen molar-refractivity contribution in [2.75, 3.05) is 0 Å². The second-order valence-corrected chi connectivity index (χ2v) is 4.07. The van der Waals surface area contributed by atoms with E-state index in [1.165, 1.54) is 24.3 Å². The third-order valence-corrected chi connectivity index (χ3v) is 2.55. The van der Waals surface area contributed by atoms with Crippen molar-refractivity contribution in [2.24, 2.45) is 0 Å². The van der Waals surface area contributed by atoms with E-state index in [1.54, 1.807) is 0 Å². The molecular weight excluding hydrogens is 314 g/mol. The number of hydrogen-bond donors (Lipinski definition) is 0. The van der Waals surface area contributed by atoms with Crippen LogP contribution in [0, 0.1) is 5.82 Å². The molecule has 2 nitrogen and oxygen atoms in total. The first-order valence-corrected chi connectivity index (χ1v) is 5.86. The van der Waals surface area contributed by atoms with Crippen molar-refractivity contribution in [3.8, 4) is 22.6 Å². The Balaban J connectivity index is 2.44. The van der Waals surface area contributed by atoms with Gasteiger partial charge in [0, 0.05) is 5.56 Å². The number of halogens is 6. The molecule has 0 aromatic heterocycles. The van der Waals surface area contributed by atoms with Gasteiger partial charge in [-0.2, -0.15) is 8.78 Å². The minimum atomic E-state index is -4.90. The van der Waals surface area contributed by atoms with Crippen LogP contribution in [0.15, 0.2) is 42.5 Å². The van der Waals surface area contributed by atoms with Crippen LogP contribution in [0.4, 0.5) is 26.3 Å². The van der Waals surface area contributed by atoms with Gasteiger partial charge in [-0.25, -0.2) is 4.39 Å². The van der Waals surface area contributed by atoms with Gasteiger partial charge in [0.15, 0.2) is 11.6 Å². The average molecular weight is 322 g/mol. The van der Waals surface area contributed by atoms with Crippen molar-refractivity contribution >= 4 is 0 Å². The molecule has 0 radical (unpaired) electrons.